The summed E-state index contributed by atoms with van der Waals surface area (Å²) in [6.07, 6.45) is 2.69. The van der Waals surface area contributed by atoms with Crippen molar-refractivity contribution in [1.82, 2.24) is 24.4 Å². The second kappa shape index (κ2) is 11.6. The van der Waals surface area contributed by atoms with E-state index in [2.05, 4.69) is 44.0 Å². The van der Waals surface area contributed by atoms with Crippen LogP contribution in [0.3, 0.4) is 0 Å². The van der Waals surface area contributed by atoms with Gasteiger partial charge < -0.3 is 19.9 Å². The minimum atomic E-state index is -3.44. The summed E-state index contributed by atoms with van der Waals surface area (Å²) in [5.41, 5.74) is 4.74. The fourth-order valence-corrected chi connectivity index (χ4v) is 5.33. The van der Waals surface area contributed by atoms with Gasteiger partial charge in [-0.25, -0.2) is 17.9 Å². The third-order valence-corrected chi connectivity index (χ3v) is 8.36. The molecule has 2 N–H and O–H groups in total. The second-order valence-corrected chi connectivity index (χ2v) is 11.8. The first-order valence-corrected chi connectivity index (χ1v) is 14.8. The van der Waals surface area contributed by atoms with Crippen molar-refractivity contribution in [3.63, 3.8) is 0 Å². The van der Waals surface area contributed by atoms with E-state index in [-0.39, 0.29) is 5.75 Å². The molecular formula is C28H35N7O3S. The lowest BCUT2D eigenvalue weighted by atomic mass is 10.1. The number of hydrogen-bond acceptors (Lipinski definition) is 8. The Morgan fingerprint density at radius 3 is 2.56 bits per heavy atom. The number of ether oxygens (including phenoxy) is 1. The molecule has 0 saturated carbocycles. The first-order valence-electron chi connectivity index (χ1n) is 13.1. The Balaban J connectivity index is 1.36. The van der Waals surface area contributed by atoms with Crippen molar-refractivity contribution in [2.75, 3.05) is 62.7 Å². The van der Waals surface area contributed by atoms with E-state index in [4.69, 9.17) is 9.84 Å². The van der Waals surface area contributed by atoms with Crippen molar-refractivity contribution < 1.29 is 13.2 Å². The zero-order valence-electron chi connectivity index (χ0n) is 22.6. The molecule has 206 valence electrons. The van der Waals surface area contributed by atoms with Gasteiger partial charge in [0.25, 0.3) is 0 Å². The molecule has 3 heterocycles. The molecule has 2 aromatic heterocycles. The van der Waals surface area contributed by atoms with Crippen LogP contribution in [0.1, 0.15) is 12.5 Å². The van der Waals surface area contributed by atoms with Crippen LogP contribution in [0.25, 0.3) is 16.8 Å². The number of para-hydroxylation sites is 1. The van der Waals surface area contributed by atoms with E-state index < -0.39 is 10.0 Å². The molecule has 0 aliphatic carbocycles. The quantitative estimate of drug-likeness (QED) is 0.309. The minimum absolute atomic E-state index is 0.0110. The standard InChI is InChI=1S/C28H35N7O3S/c1-4-39(36,37)32-24-8-6-5-7-23(24)26-12-10-22-20-29-28(31-35(22)26)30-25-11-9-21(19-27(25)38-3)13-14-34-17-15-33(2)16-18-34/h5-12,19-20,32H,4,13-18H2,1-3H3,(H,30,31). The smallest absolute Gasteiger partial charge is 0.245 e. The average molecular weight is 550 g/mol. The Kier molecular flexibility index (Phi) is 8.01. The van der Waals surface area contributed by atoms with Crippen LogP contribution >= 0.6 is 0 Å². The number of rotatable bonds is 10. The molecule has 2 aromatic carbocycles. The predicted molar refractivity (Wildman–Crippen MR) is 155 cm³/mol. The Hall–Kier alpha value is -3.67. The number of hydrogen-bond donors (Lipinski definition) is 2. The zero-order chi connectivity index (χ0) is 27.4. The minimum Gasteiger partial charge on any atom is -0.495 e. The highest BCUT2D eigenvalue weighted by Gasteiger charge is 2.16. The molecule has 1 saturated heterocycles. The first-order chi connectivity index (χ1) is 18.8. The molecule has 39 heavy (non-hydrogen) atoms. The Morgan fingerprint density at radius 1 is 1.00 bits per heavy atom. The van der Waals surface area contributed by atoms with Gasteiger partial charge in [-0.15, -0.1) is 5.10 Å². The van der Waals surface area contributed by atoms with Crippen LogP contribution in [-0.4, -0.2) is 85.4 Å². The number of aromatic nitrogens is 3. The number of likely N-dealkylation sites (N-methyl/N-ethyl adjacent to an activating group) is 1. The van der Waals surface area contributed by atoms with Crippen molar-refractivity contribution in [3.8, 4) is 17.0 Å². The lowest BCUT2D eigenvalue weighted by Crippen LogP contribution is -2.45. The van der Waals surface area contributed by atoms with Crippen LogP contribution in [0.4, 0.5) is 17.3 Å². The molecule has 0 radical (unpaired) electrons. The zero-order valence-corrected chi connectivity index (χ0v) is 23.4. The highest BCUT2D eigenvalue weighted by atomic mass is 32.2. The van der Waals surface area contributed by atoms with E-state index >= 15 is 0 Å². The maximum absolute atomic E-state index is 12.3. The van der Waals surface area contributed by atoms with Crippen molar-refractivity contribution in [1.29, 1.82) is 0 Å². The van der Waals surface area contributed by atoms with Gasteiger partial charge in [0.15, 0.2) is 0 Å². The molecule has 10 nitrogen and oxygen atoms in total. The summed E-state index contributed by atoms with van der Waals surface area (Å²) < 4.78 is 34.6. The van der Waals surface area contributed by atoms with Crippen LogP contribution in [0.5, 0.6) is 5.75 Å². The highest BCUT2D eigenvalue weighted by Crippen LogP contribution is 2.31. The number of fused-ring (bicyclic) bond motifs is 1. The summed E-state index contributed by atoms with van der Waals surface area (Å²) in [4.78, 5) is 9.35. The molecule has 0 bridgehead atoms. The van der Waals surface area contributed by atoms with Crippen LogP contribution in [0, 0.1) is 0 Å². The summed E-state index contributed by atoms with van der Waals surface area (Å²) in [7, 11) is 0.394. The summed E-state index contributed by atoms with van der Waals surface area (Å²) in [6.45, 7) is 7.05. The number of benzene rings is 2. The van der Waals surface area contributed by atoms with Gasteiger partial charge in [0, 0.05) is 38.3 Å². The van der Waals surface area contributed by atoms with Crippen LogP contribution in [-0.2, 0) is 16.4 Å². The summed E-state index contributed by atoms with van der Waals surface area (Å²) >= 11 is 0. The summed E-state index contributed by atoms with van der Waals surface area (Å²) in [5, 5.41) is 8.01. The van der Waals surface area contributed by atoms with E-state index in [0.29, 0.717) is 11.6 Å². The van der Waals surface area contributed by atoms with Gasteiger partial charge in [0.1, 0.15) is 5.75 Å². The predicted octanol–water partition coefficient (Wildman–Crippen LogP) is 3.70. The number of sulfonamides is 1. The molecule has 0 amide bonds. The SMILES string of the molecule is CCS(=O)(=O)Nc1ccccc1-c1ccc2cnc(Nc3ccc(CCN4CCN(C)CC4)cc3OC)nn12. The molecular weight excluding hydrogens is 514 g/mol. The van der Waals surface area contributed by atoms with Crippen molar-refractivity contribution >= 4 is 32.9 Å². The Morgan fingerprint density at radius 2 is 1.79 bits per heavy atom. The van der Waals surface area contributed by atoms with Gasteiger partial charge in [0.05, 0.1) is 41.6 Å². The van der Waals surface area contributed by atoms with Crippen LogP contribution in [0.2, 0.25) is 0 Å². The molecule has 0 atom stereocenters. The number of nitrogens with zero attached hydrogens (tertiary/aromatic N) is 5. The number of piperazine rings is 1. The lowest BCUT2D eigenvalue weighted by molar-refractivity contribution is 0.155. The fraction of sp³-hybridized carbons (Fsp3) is 0.357. The molecule has 1 aliphatic rings. The first kappa shape index (κ1) is 26.9. The van der Waals surface area contributed by atoms with Crippen molar-refractivity contribution in [2.45, 2.75) is 13.3 Å². The maximum atomic E-state index is 12.3. The molecule has 4 aromatic rings. The molecule has 1 fully saturated rings. The van der Waals surface area contributed by atoms with Gasteiger partial charge in [-0.3, -0.25) is 4.72 Å². The summed E-state index contributed by atoms with van der Waals surface area (Å²) in [6, 6.07) is 17.3. The van der Waals surface area contributed by atoms with Crippen molar-refractivity contribution in [3.05, 3.63) is 66.4 Å². The Labute approximate surface area is 229 Å². The highest BCUT2D eigenvalue weighted by molar-refractivity contribution is 7.92. The molecule has 5 rings (SSSR count). The maximum Gasteiger partial charge on any atom is 0.245 e. The largest absolute Gasteiger partial charge is 0.495 e. The van der Waals surface area contributed by atoms with Gasteiger partial charge >= 0.3 is 0 Å². The van der Waals surface area contributed by atoms with Crippen molar-refractivity contribution in [2.24, 2.45) is 0 Å². The molecule has 0 spiro atoms. The lowest BCUT2D eigenvalue weighted by Gasteiger charge is -2.32. The van der Waals surface area contributed by atoms with E-state index in [1.165, 1.54) is 5.56 Å². The van der Waals surface area contributed by atoms with Gasteiger partial charge in [-0.1, -0.05) is 24.3 Å². The summed E-state index contributed by atoms with van der Waals surface area (Å²) in [5.74, 6) is 1.11. The molecule has 1 aliphatic heterocycles. The number of methoxy groups -OCH3 is 1. The average Bonchev–Trinajstić information content (AvgIpc) is 3.36. The second-order valence-electron chi connectivity index (χ2n) is 9.74. The Bertz CT molecular complexity index is 1550. The van der Waals surface area contributed by atoms with E-state index in [9.17, 15) is 8.42 Å². The number of nitrogens with one attached hydrogen (secondary N) is 2. The van der Waals surface area contributed by atoms with Gasteiger partial charge in [-0.2, -0.15) is 0 Å². The normalized spacial score (nSPS) is 14.9. The third-order valence-electron chi connectivity index (χ3n) is 7.07. The third kappa shape index (κ3) is 6.32. The van der Waals surface area contributed by atoms with Crippen LogP contribution < -0.4 is 14.8 Å². The van der Waals surface area contributed by atoms with Gasteiger partial charge in [-0.05, 0) is 56.3 Å². The number of anilines is 3. The van der Waals surface area contributed by atoms with E-state index in [0.717, 1.165) is 67.4 Å². The fourth-order valence-electron chi connectivity index (χ4n) is 4.67. The molecule has 11 heteroatoms. The van der Waals surface area contributed by atoms with E-state index in [1.54, 1.807) is 36.9 Å². The topological polar surface area (TPSA) is 104 Å². The van der Waals surface area contributed by atoms with Crippen LogP contribution in [0.15, 0.2) is 60.8 Å². The van der Waals surface area contributed by atoms with E-state index in [1.807, 2.05) is 30.3 Å². The van der Waals surface area contributed by atoms with Gasteiger partial charge in [0.2, 0.25) is 16.0 Å². The molecule has 0 unspecified atom stereocenters. The monoisotopic (exact) mass is 549 g/mol.